The Morgan fingerprint density at radius 3 is 2.50 bits per heavy atom. The summed E-state index contributed by atoms with van der Waals surface area (Å²) >= 11 is 0. The number of fused-ring (bicyclic) bond motifs is 1. The van der Waals surface area contributed by atoms with E-state index >= 15 is 8.78 Å². The summed E-state index contributed by atoms with van der Waals surface area (Å²) < 4.78 is 74.6. The molecule has 0 aliphatic carbocycles. The number of hydrogen-bond donors (Lipinski definition) is 2. The summed E-state index contributed by atoms with van der Waals surface area (Å²) in [6.07, 6.45) is -1.42. The van der Waals surface area contributed by atoms with Gasteiger partial charge in [0.1, 0.15) is 23.6 Å². The summed E-state index contributed by atoms with van der Waals surface area (Å²) in [5, 5.41) is 16.2. The molecule has 1 aliphatic rings. The van der Waals surface area contributed by atoms with Crippen molar-refractivity contribution in [1.29, 1.82) is 0 Å². The normalized spacial score (nSPS) is 14.9. The van der Waals surface area contributed by atoms with Crippen molar-refractivity contribution in [2.45, 2.75) is 44.5 Å². The lowest BCUT2D eigenvalue weighted by atomic mass is 10.1. The number of carbonyl (C=O) groups is 1. The molecule has 1 fully saturated rings. The molecule has 2 N–H and O–H groups in total. The number of nitrogens with zero attached hydrogens (tertiary/aromatic N) is 7. The van der Waals surface area contributed by atoms with Crippen LogP contribution in [0.15, 0.2) is 35.2 Å². The minimum Gasteiger partial charge on any atom is -0.389 e. The van der Waals surface area contributed by atoms with Crippen molar-refractivity contribution in [3.8, 4) is 0 Å². The van der Waals surface area contributed by atoms with E-state index in [-0.39, 0.29) is 46.6 Å². The number of rotatable bonds is 7. The monoisotopic (exact) mass is 594 g/mol. The van der Waals surface area contributed by atoms with Crippen LogP contribution in [0, 0.1) is 11.6 Å². The zero-order valence-electron chi connectivity index (χ0n) is 22.8. The quantitative estimate of drug-likeness (QED) is 0.297. The van der Waals surface area contributed by atoms with E-state index in [2.05, 4.69) is 29.9 Å². The van der Waals surface area contributed by atoms with Gasteiger partial charge in [0.25, 0.3) is 11.9 Å². The molecule has 1 aliphatic heterocycles. The average Bonchev–Trinajstić information content (AvgIpc) is 3.55. The molecule has 1 saturated heterocycles. The molecule has 42 heavy (non-hydrogen) atoms. The van der Waals surface area contributed by atoms with E-state index in [9.17, 15) is 23.1 Å². The number of aromatic nitrogens is 5. The number of halogens is 5. The van der Waals surface area contributed by atoms with Gasteiger partial charge in [0.2, 0.25) is 0 Å². The van der Waals surface area contributed by atoms with Gasteiger partial charge >= 0.3 is 12.1 Å². The lowest BCUT2D eigenvalue weighted by Crippen LogP contribution is -2.39. The van der Waals surface area contributed by atoms with Crippen LogP contribution < -0.4 is 10.2 Å². The Bertz CT molecular complexity index is 1610. The van der Waals surface area contributed by atoms with Gasteiger partial charge in [-0.1, -0.05) is 0 Å². The highest BCUT2D eigenvalue weighted by atomic mass is 19.4. The Balaban J connectivity index is 1.32. The van der Waals surface area contributed by atoms with Crippen LogP contribution in [0.4, 0.5) is 39.4 Å². The second kappa shape index (κ2) is 10.8. The fraction of sp³-hybridized carbons (Fsp3) is 0.423. The molecule has 224 valence electrons. The summed E-state index contributed by atoms with van der Waals surface area (Å²) in [6, 6.07) is 3.54. The van der Waals surface area contributed by atoms with Crippen molar-refractivity contribution < 1.29 is 36.4 Å². The number of alkyl halides is 3. The van der Waals surface area contributed by atoms with Gasteiger partial charge in [-0.05, 0) is 50.0 Å². The molecule has 5 rings (SSSR count). The molecular weight excluding hydrogens is 567 g/mol. The van der Waals surface area contributed by atoms with Gasteiger partial charge in [-0.3, -0.25) is 4.79 Å². The molecule has 0 bridgehead atoms. The molecule has 0 unspecified atom stereocenters. The van der Waals surface area contributed by atoms with Crippen molar-refractivity contribution in [2.75, 3.05) is 36.9 Å². The number of nitrogens with one attached hydrogen (secondary N) is 1. The highest BCUT2D eigenvalue weighted by Gasteiger charge is 2.39. The number of likely N-dealkylation sites (N-methyl/N-ethyl adjacent to an activating group) is 1. The molecule has 11 nitrogen and oxygen atoms in total. The first-order valence-electron chi connectivity index (χ1n) is 12.9. The highest BCUT2D eigenvalue weighted by molar-refractivity contribution is 5.95. The number of hydrogen-bond acceptors (Lipinski definition) is 9. The SMILES string of the molecule is CN(CC(C)(C)O)C(=O)c1ccc(Nc2ncnc3c2c(F)cn3C2CCN(c3noc(C(F)(F)F)n3)CC2)c(F)c1. The molecule has 1 amide bonds. The zero-order chi connectivity index (χ0) is 30.4. The summed E-state index contributed by atoms with van der Waals surface area (Å²) in [5.74, 6) is -3.49. The summed E-state index contributed by atoms with van der Waals surface area (Å²) in [4.78, 5) is 27.2. The molecule has 4 aromatic rings. The number of benzene rings is 1. The van der Waals surface area contributed by atoms with Crippen molar-refractivity contribution in [2.24, 2.45) is 0 Å². The third kappa shape index (κ3) is 5.98. The van der Waals surface area contributed by atoms with Gasteiger partial charge in [-0.25, -0.2) is 18.7 Å². The Morgan fingerprint density at radius 2 is 1.88 bits per heavy atom. The first-order chi connectivity index (χ1) is 19.7. The van der Waals surface area contributed by atoms with Crippen LogP contribution in [-0.4, -0.2) is 72.9 Å². The number of anilines is 3. The van der Waals surface area contributed by atoms with Gasteiger partial charge < -0.3 is 29.3 Å². The Kier molecular flexibility index (Phi) is 7.51. The van der Waals surface area contributed by atoms with Crippen molar-refractivity contribution >= 4 is 34.4 Å². The van der Waals surface area contributed by atoms with E-state index in [4.69, 9.17) is 0 Å². The Hall–Kier alpha value is -4.34. The smallest absolute Gasteiger partial charge is 0.389 e. The summed E-state index contributed by atoms with van der Waals surface area (Å²) in [6.45, 7) is 3.72. The molecule has 0 spiro atoms. The number of piperidine rings is 1. The van der Waals surface area contributed by atoms with E-state index in [0.29, 0.717) is 25.9 Å². The minimum atomic E-state index is -4.74. The molecule has 1 aromatic carbocycles. The predicted octanol–water partition coefficient (Wildman–Crippen LogP) is 4.54. The Morgan fingerprint density at radius 1 is 1.17 bits per heavy atom. The fourth-order valence-electron chi connectivity index (χ4n) is 4.97. The number of carbonyl (C=O) groups excluding carboxylic acids is 1. The largest absolute Gasteiger partial charge is 0.471 e. The van der Waals surface area contributed by atoms with E-state index < -0.39 is 35.2 Å². The topological polar surface area (TPSA) is 125 Å². The summed E-state index contributed by atoms with van der Waals surface area (Å²) in [5.41, 5.74) is -0.857. The average molecular weight is 595 g/mol. The van der Waals surface area contributed by atoms with Crippen LogP contribution >= 0.6 is 0 Å². The minimum absolute atomic E-state index is 0.0114. The number of amides is 1. The maximum Gasteiger partial charge on any atom is 0.471 e. The molecule has 3 aromatic heterocycles. The standard InChI is InChI=1S/C26H27F5N8O3/c1-25(2,41)12-37(3)22(40)14-4-5-18(16(27)10-14)34-20-19-17(28)11-39(21(19)33-13-32-20)15-6-8-38(9-7-15)24-35-23(42-36-24)26(29,30)31/h4-5,10-11,13,15,41H,6-9,12H2,1-3H3,(H,32,33,34). The van der Waals surface area contributed by atoms with Gasteiger partial charge in [0.05, 0.1) is 16.7 Å². The molecule has 0 atom stereocenters. The lowest BCUT2D eigenvalue weighted by molar-refractivity contribution is -0.159. The van der Waals surface area contributed by atoms with E-state index in [1.807, 2.05) is 0 Å². The van der Waals surface area contributed by atoms with Crippen molar-refractivity contribution in [3.63, 3.8) is 0 Å². The highest BCUT2D eigenvalue weighted by Crippen LogP contribution is 2.34. The van der Waals surface area contributed by atoms with E-state index in [1.165, 1.54) is 36.6 Å². The first kappa shape index (κ1) is 29.2. The van der Waals surface area contributed by atoms with Crippen LogP contribution in [0.5, 0.6) is 0 Å². The molecule has 0 saturated carbocycles. The predicted molar refractivity (Wildman–Crippen MR) is 140 cm³/mol. The third-order valence-corrected chi connectivity index (χ3v) is 6.80. The Labute approximate surface area is 235 Å². The van der Waals surface area contributed by atoms with Crippen LogP contribution in [0.3, 0.4) is 0 Å². The molecule has 4 heterocycles. The van der Waals surface area contributed by atoms with Gasteiger partial charge in [0, 0.05) is 44.5 Å². The second-order valence-electron chi connectivity index (χ2n) is 10.7. The summed E-state index contributed by atoms with van der Waals surface area (Å²) in [7, 11) is 1.49. The van der Waals surface area contributed by atoms with Crippen molar-refractivity contribution in [1.82, 2.24) is 29.6 Å². The maximum absolute atomic E-state index is 15.2. The molecular formula is C26H27F5N8O3. The van der Waals surface area contributed by atoms with Crippen LogP contribution in [0.25, 0.3) is 11.0 Å². The third-order valence-electron chi connectivity index (χ3n) is 6.80. The van der Waals surface area contributed by atoms with Crippen LogP contribution in [0.2, 0.25) is 0 Å². The maximum atomic E-state index is 15.2. The van der Waals surface area contributed by atoms with Crippen LogP contribution in [-0.2, 0) is 6.18 Å². The molecule has 0 radical (unpaired) electrons. The molecule has 16 heteroatoms. The van der Waals surface area contributed by atoms with E-state index in [0.717, 1.165) is 6.07 Å². The van der Waals surface area contributed by atoms with Gasteiger partial charge in [0.15, 0.2) is 5.82 Å². The van der Waals surface area contributed by atoms with Gasteiger partial charge in [-0.2, -0.15) is 18.2 Å². The zero-order valence-corrected chi connectivity index (χ0v) is 22.8. The van der Waals surface area contributed by atoms with E-state index in [1.54, 1.807) is 23.3 Å². The van der Waals surface area contributed by atoms with Crippen molar-refractivity contribution in [3.05, 3.63) is 53.8 Å². The first-order valence-corrected chi connectivity index (χ1v) is 12.9. The fourth-order valence-corrected chi connectivity index (χ4v) is 4.97. The second-order valence-corrected chi connectivity index (χ2v) is 10.7. The number of aliphatic hydroxyl groups is 1. The van der Waals surface area contributed by atoms with Crippen LogP contribution in [0.1, 0.15) is 49.0 Å². The lowest BCUT2D eigenvalue weighted by Gasteiger charge is -2.31. The van der Waals surface area contributed by atoms with Gasteiger partial charge in [-0.15, -0.1) is 0 Å².